The van der Waals surface area contributed by atoms with Gasteiger partial charge in [-0.15, -0.1) is 0 Å². The van der Waals surface area contributed by atoms with Crippen LogP contribution in [0.5, 0.6) is 0 Å². The van der Waals surface area contributed by atoms with Crippen LogP contribution in [0.2, 0.25) is 0 Å². The maximum absolute atomic E-state index is 13.4. The number of hydrogen-bond donors (Lipinski definition) is 12. The van der Waals surface area contributed by atoms with Crippen molar-refractivity contribution in [3.05, 3.63) is 72.9 Å². The van der Waals surface area contributed by atoms with Gasteiger partial charge < -0.3 is 89.9 Å². The number of unbranched alkanes of at least 4 members (excludes halogenated alkanes) is 36. The molecule has 0 bridgehead atoms. The Bertz CT molecular complexity index is 2070. The molecule has 0 saturated carbocycles. The van der Waals surface area contributed by atoms with Gasteiger partial charge in [0.05, 0.1) is 38.6 Å². The van der Waals surface area contributed by atoms with E-state index in [-0.39, 0.29) is 18.9 Å². The molecule has 12 N–H and O–H groups in total. The van der Waals surface area contributed by atoms with Crippen LogP contribution >= 0.6 is 0 Å². The molecule has 0 aromatic carbocycles. The van der Waals surface area contributed by atoms with Gasteiger partial charge >= 0.3 is 0 Å². The number of nitrogens with one attached hydrogen (secondary N) is 1. The number of amides is 1. The highest BCUT2D eigenvalue weighted by molar-refractivity contribution is 5.76. The fourth-order valence-corrected chi connectivity index (χ4v) is 13.1. The Morgan fingerprint density at radius 1 is 0.374 bits per heavy atom. The van der Waals surface area contributed by atoms with E-state index in [0.717, 1.165) is 64.2 Å². The fourth-order valence-electron chi connectivity index (χ4n) is 13.1. The first-order valence-electron chi connectivity index (χ1n) is 39.7. The standard InChI is InChI=1S/C80H143NO18/c1-3-5-7-9-11-13-15-17-18-19-20-21-22-23-24-25-26-27-28-29-30-31-32-33-34-35-36-37-38-39-40-41-42-43-44-46-48-50-52-54-56-58-68(86)81-63(64(85)57-55-53-51-49-47-45-16-14-12-10-8-6-4-2)62-94-78-74(92)71(89)76(66(60-83)96-78)99-80-75(93)72(90)77(67(61-84)97-80)98-79-73(91)70(88)69(87)65(59-82)95-79/h5,7,11,13,17-18,20-21,47,49,55,57,63-67,69-80,82-85,87-93H,3-4,6,8-10,12,14-16,19,22-46,48,50-54,56,58-62H2,1-2H3,(H,81,86)/b7-5-,13-11-,18-17-,21-20-,49-47+,57-55+. The third kappa shape index (κ3) is 40.9. The van der Waals surface area contributed by atoms with E-state index >= 15 is 0 Å². The molecule has 19 heteroatoms. The summed E-state index contributed by atoms with van der Waals surface area (Å²) in [4.78, 5) is 13.4. The summed E-state index contributed by atoms with van der Waals surface area (Å²) in [5.41, 5.74) is 0. The van der Waals surface area contributed by atoms with E-state index in [9.17, 15) is 61.0 Å². The van der Waals surface area contributed by atoms with Crippen molar-refractivity contribution in [1.29, 1.82) is 0 Å². The van der Waals surface area contributed by atoms with Crippen LogP contribution in [-0.4, -0.2) is 193 Å². The average molecular weight is 1410 g/mol. The lowest BCUT2D eigenvalue weighted by Gasteiger charge is -2.48. The molecule has 99 heavy (non-hydrogen) atoms. The Morgan fingerprint density at radius 2 is 0.707 bits per heavy atom. The van der Waals surface area contributed by atoms with Gasteiger partial charge in [-0.05, 0) is 70.6 Å². The van der Waals surface area contributed by atoms with Crippen molar-refractivity contribution in [3.8, 4) is 0 Å². The summed E-state index contributed by atoms with van der Waals surface area (Å²) >= 11 is 0. The maximum atomic E-state index is 13.4. The Hall–Kier alpha value is -2.77. The van der Waals surface area contributed by atoms with Crippen LogP contribution in [0, 0.1) is 0 Å². The van der Waals surface area contributed by atoms with Crippen molar-refractivity contribution in [2.75, 3.05) is 26.4 Å². The van der Waals surface area contributed by atoms with E-state index in [4.69, 9.17) is 28.4 Å². The molecule has 576 valence electrons. The summed E-state index contributed by atoms with van der Waals surface area (Å²) in [6.45, 7) is 1.60. The zero-order chi connectivity index (χ0) is 71.8. The fraction of sp³-hybridized carbons (Fsp3) is 0.838. The maximum Gasteiger partial charge on any atom is 0.220 e. The minimum atomic E-state index is -1.98. The molecule has 0 radical (unpaired) electrons. The minimum absolute atomic E-state index is 0.238. The van der Waals surface area contributed by atoms with Crippen LogP contribution in [0.3, 0.4) is 0 Å². The molecule has 17 unspecified atom stereocenters. The lowest BCUT2D eigenvalue weighted by atomic mass is 9.96. The Kier molecular flexibility index (Phi) is 55.3. The number of ether oxygens (including phenoxy) is 6. The molecule has 3 saturated heterocycles. The molecular formula is C80H143NO18. The molecule has 3 fully saturated rings. The van der Waals surface area contributed by atoms with Gasteiger partial charge in [-0.2, -0.15) is 0 Å². The molecule has 3 heterocycles. The second kappa shape index (κ2) is 60.5. The van der Waals surface area contributed by atoms with Gasteiger partial charge in [-0.1, -0.05) is 292 Å². The highest BCUT2D eigenvalue weighted by atomic mass is 16.8. The summed E-state index contributed by atoms with van der Waals surface area (Å²) in [6.07, 6.45) is 52.2. The van der Waals surface area contributed by atoms with Crippen molar-refractivity contribution in [2.45, 2.75) is 401 Å². The van der Waals surface area contributed by atoms with Gasteiger partial charge in [0.25, 0.3) is 0 Å². The van der Waals surface area contributed by atoms with Crippen molar-refractivity contribution in [3.63, 3.8) is 0 Å². The van der Waals surface area contributed by atoms with E-state index in [1.165, 1.54) is 199 Å². The lowest BCUT2D eigenvalue weighted by Crippen LogP contribution is -2.66. The van der Waals surface area contributed by atoms with Crippen LogP contribution in [0.4, 0.5) is 0 Å². The van der Waals surface area contributed by atoms with E-state index < -0.39 is 124 Å². The lowest BCUT2D eigenvalue weighted by molar-refractivity contribution is -0.379. The SMILES string of the molecule is CC/C=C\C/C=C\C/C=C\C/C=C\CCCCCCCCCCCCCCCCCCCCCCCCCCCCCCC(=O)NC(COC1OC(CO)C(OC2OC(CO)C(OC3OC(CO)C(O)C(O)C3O)C(O)C2O)C(O)C1O)C(O)/C=C/CC/C=C/CCCCCCCCC. The number of rotatable bonds is 62. The number of aliphatic hydroxyl groups is 11. The van der Waals surface area contributed by atoms with Gasteiger partial charge in [-0.25, -0.2) is 0 Å². The molecule has 3 aliphatic heterocycles. The normalized spacial score (nSPS) is 27.0. The van der Waals surface area contributed by atoms with Crippen LogP contribution in [0.25, 0.3) is 0 Å². The van der Waals surface area contributed by atoms with Crippen LogP contribution < -0.4 is 5.32 Å². The number of aliphatic hydroxyl groups excluding tert-OH is 11. The molecular weight excluding hydrogens is 1260 g/mol. The summed E-state index contributed by atoms with van der Waals surface area (Å²) in [5, 5.41) is 121. The van der Waals surface area contributed by atoms with Crippen molar-refractivity contribution in [2.24, 2.45) is 0 Å². The van der Waals surface area contributed by atoms with Crippen molar-refractivity contribution in [1.82, 2.24) is 5.32 Å². The van der Waals surface area contributed by atoms with E-state index in [0.29, 0.717) is 12.8 Å². The molecule has 19 nitrogen and oxygen atoms in total. The Labute approximate surface area is 598 Å². The molecule has 3 aliphatic rings. The first kappa shape index (κ1) is 90.4. The molecule has 0 aromatic rings. The molecule has 1 amide bonds. The number of hydrogen-bond acceptors (Lipinski definition) is 18. The van der Waals surface area contributed by atoms with Crippen LogP contribution in [-0.2, 0) is 33.2 Å². The van der Waals surface area contributed by atoms with Gasteiger partial charge in [0.2, 0.25) is 5.91 Å². The highest BCUT2D eigenvalue weighted by Gasteiger charge is 2.53. The van der Waals surface area contributed by atoms with Crippen LogP contribution in [0.15, 0.2) is 72.9 Å². The third-order valence-corrected chi connectivity index (χ3v) is 19.5. The monoisotopic (exact) mass is 1410 g/mol. The summed E-state index contributed by atoms with van der Waals surface area (Å²) < 4.78 is 34.3. The number of carbonyl (C=O) groups is 1. The highest BCUT2D eigenvalue weighted by Crippen LogP contribution is 2.33. The number of allylic oxidation sites excluding steroid dienone is 11. The summed E-state index contributed by atoms with van der Waals surface area (Å²) in [7, 11) is 0. The topological polar surface area (TPSA) is 307 Å². The first-order valence-corrected chi connectivity index (χ1v) is 39.7. The summed E-state index contributed by atoms with van der Waals surface area (Å²) in [6, 6.07) is -0.989. The molecule has 0 aliphatic carbocycles. The Balaban J connectivity index is 1.27. The molecule has 17 atom stereocenters. The van der Waals surface area contributed by atoms with E-state index in [1.807, 2.05) is 6.08 Å². The molecule has 3 rings (SSSR count). The zero-order valence-corrected chi connectivity index (χ0v) is 61.5. The van der Waals surface area contributed by atoms with E-state index in [2.05, 4.69) is 79.9 Å². The predicted octanol–water partition coefficient (Wildman–Crippen LogP) is 12.8. The molecule has 0 spiro atoms. The quantitative estimate of drug-likeness (QED) is 0.0199. The first-order chi connectivity index (χ1) is 48.3. The Morgan fingerprint density at radius 3 is 1.13 bits per heavy atom. The average Bonchev–Trinajstić information content (AvgIpc) is 0.785. The van der Waals surface area contributed by atoms with Gasteiger partial charge in [-0.3, -0.25) is 4.79 Å². The van der Waals surface area contributed by atoms with E-state index in [1.54, 1.807) is 6.08 Å². The van der Waals surface area contributed by atoms with Crippen molar-refractivity contribution >= 4 is 5.91 Å². The van der Waals surface area contributed by atoms with Gasteiger partial charge in [0, 0.05) is 6.42 Å². The number of carbonyl (C=O) groups excluding carboxylic acids is 1. The van der Waals surface area contributed by atoms with Crippen LogP contribution in [0.1, 0.15) is 296 Å². The second-order valence-corrected chi connectivity index (χ2v) is 28.1. The van der Waals surface area contributed by atoms with Crippen molar-refractivity contribution < 1.29 is 89.4 Å². The molecule has 0 aromatic heterocycles. The zero-order valence-electron chi connectivity index (χ0n) is 61.5. The minimum Gasteiger partial charge on any atom is -0.394 e. The largest absolute Gasteiger partial charge is 0.394 e. The smallest absolute Gasteiger partial charge is 0.220 e. The van der Waals surface area contributed by atoms with Gasteiger partial charge in [0.1, 0.15) is 73.2 Å². The summed E-state index contributed by atoms with van der Waals surface area (Å²) in [5.74, 6) is -0.282. The predicted molar refractivity (Wildman–Crippen MR) is 392 cm³/mol. The second-order valence-electron chi connectivity index (χ2n) is 28.1. The van der Waals surface area contributed by atoms with Gasteiger partial charge in [0.15, 0.2) is 18.9 Å². The third-order valence-electron chi connectivity index (χ3n) is 19.5.